The van der Waals surface area contributed by atoms with Gasteiger partial charge in [-0.2, -0.15) is 4.31 Å². The van der Waals surface area contributed by atoms with Crippen LogP contribution in [0.4, 0.5) is 5.13 Å². The van der Waals surface area contributed by atoms with Crippen LogP contribution in [0.5, 0.6) is 0 Å². The average molecular weight is 345 g/mol. The van der Waals surface area contributed by atoms with E-state index in [9.17, 15) is 8.42 Å². The molecule has 1 aromatic rings. The molecule has 0 saturated carbocycles. The van der Waals surface area contributed by atoms with E-state index < -0.39 is 10.0 Å². The zero-order valence-corrected chi connectivity index (χ0v) is 14.5. The van der Waals surface area contributed by atoms with Gasteiger partial charge in [-0.15, -0.1) is 11.3 Å². The maximum absolute atomic E-state index is 12.3. The first-order valence-corrected chi connectivity index (χ1v) is 10.3. The Balaban J connectivity index is 1.64. The van der Waals surface area contributed by atoms with E-state index in [4.69, 9.17) is 4.74 Å². The van der Waals surface area contributed by atoms with Crippen LogP contribution in [0.3, 0.4) is 0 Å². The summed E-state index contributed by atoms with van der Waals surface area (Å²) in [4.78, 5) is 4.24. The lowest BCUT2D eigenvalue weighted by Gasteiger charge is -2.39. The predicted octanol–water partition coefficient (Wildman–Crippen LogP) is 1.92. The van der Waals surface area contributed by atoms with Crippen molar-refractivity contribution < 1.29 is 13.2 Å². The fourth-order valence-electron chi connectivity index (χ4n) is 3.37. The first kappa shape index (κ1) is 16.2. The summed E-state index contributed by atoms with van der Waals surface area (Å²) in [6.45, 7) is 3.63. The summed E-state index contributed by atoms with van der Waals surface area (Å²) in [5.41, 5.74) is -0.325. The van der Waals surface area contributed by atoms with Crippen molar-refractivity contribution in [1.29, 1.82) is 0 Å². The average Bonchev–Trinajstić information content (AvgIpc) is 3.10. The van der Waals surface area contributed by atoms with Crippen LogP contribution < -0.4 is 5.32 Å². The molecule has 0 radical (unpaired) electrons. The highest BCUT2D eigenvalue weighted by Crippen LogP contribution is 2.36. The smallest absolute Gasteiger partial charge is 0.214 e. The molecule has 2 aliphatic rings. The number of rotatable bonds is 5. The Morgan fingerprint density at radius 2 is 2.45 bits per heavy atom. The third kappa shape index (κ3) is 3.45. The van der Waals surface area contributed by atoms with Gasteiger partial charge >= 0.3 is 0 Å². The lowest BCUT2D eigenvalue weighted by molar-refractivity contribution is -0.0329. The molecule has 3 heterocycles. The summed E-state index contributed by atoms with van der Waals surface area (Å²) < 4.78 is 32.3. The van der Waals surface area contributed by atoms with E-state index in [-0.39, 0.29) is 17.4 Å². The largest absolute Gasteiger partial charge is 0.371 e. The van der Waals surface area contributed by atoms with Crippen LogP contribution in [0.1, 0.15) is 32.6 Å². The van der Waals surface area contributed by atoms with Gasteiger partial charge in [0.15, 0.2) is 5.13 Å². The maximum Gasteiger partial charge on any atom is 0.214 e. The number of hydrogen-bond acceptors (Lipinski definition) is 6. The molecule has 0 unspecified atom stereocenters. The molecule has 0 amide bonds. The van der Waals surface area contributed by atoms with Crippen LogP contribution in [-0.2, 0) is 14.8 Å². The van der Waals surface area contributed by atoms with Gasteiger partial charge in [0.25, 0.3) is 0 Å². The van der Waals surface area contributed by atoms with E-state index in [1.165, 1.54) is 0 Å². The van der Waals surface area contributed by atoms with Crippen molar-refractivity contribution in [3.05, 3.63) is 11.6 Å². The number of hydrogen-bond donors (Lipinski definition) is 1. The first-order valence-electron chi connectivity index (χ1n) is 7.81. The quantitative estimate of drug-likeness (QED) is 0.883. The Labute approximate surface area is 135 Å². The zero-order valence-electron chi connectivity index (χ0n) is 12.8. The summed E-state index contributed by atoms with van der Waals surface area (Å²) >= 11 is 1.57. The van der Waals surface area contributed by atoms with Gasteiger partial charge in [0, 0.05) is 31.1 Å². The molecule has 2 atom stereocenters. The van der Waals surface area contributed by atoms with Gasteiger partial charge in [0.1, 0.15) is 0 Å². The SMILES string of the molecule is CCCS(=O)(=O)N1CCC[C@]2(C[C@@H](Nc3nccs3)CO2)C1. The number of nitrogens with one attached hydrogen (secondary N) is 1. The number of anilines is 1. The van der Waals surface area contributed by atoms with Crippen molar-refractivity contribution in [2.24, 2.45) is 0 Å². The van der Waals surface area contributed by atoms with Crippen LogP contribution in [0.15, 0.2) is 11.6 Å². The first-order chi connectivity index (χ1) is 10.5. The standard InChI is InChI=1S/C14H23N3O3S2/c1-2-8-22(18,19)17-6-3-4-14(11-17)9-12(10-20-14)16-13-15-5-7-21-13/h5,7,12H,2-4,6,8-11H2,1H3,(H,15,16)/t12-,14+/m1/s1. The fraction of sp³-hybridized carbons (Fsp3) is 0.786. The maximum atomic E-state index is 12.3. The summed E-state index contributed by atoms with van der Waals surface area (Å²) in [6.07, 6.45) is 5.07. The second-order valence-corrected chi connectivity index (χ2v) is 9.11. The topological polar surface area (TPSA) is 71.5 Å². The van der Waals surface area contributed by atoms with Crippen LogP contribution >= 0.6 is 11.3 Å². The number of nitrogens with zero attached hydrogens (tertiary/aromatic N) is 2. The van der Waals surface area contributed by atoms with Gasteiger partial charge in [-0.1, -0.05) is 6.92 Å². The third-order valence-corrected chi connectivity index (χ3v) is 7.06. The number of piperidine rings is 1. The molecule has 2 aliphatic heterocycles. The molecule has 22 heavy (non-hydrogen) atoms. The lowest BCUT2D eigenvalue weighted by atomic mass is 9.90. The molecule has 3 rings (SSSR count). The molecule has 1 spiro atoms. The highest BCUT2D eigenvalue weighted by molar-refractivity contribution is 7.89. The minimum atomic E-state index is -3.14. The van der Waals surface area contributed by atoms with Crippen molar-refractivity contribution in [3.8, 4) is 0 Å². The molecule has 1 N–H and O–H groups in total. The van der Waals surface area contributed by atoms with Crippen molar-refractivity contribution in [2.45, 2.75) is 44.2 Å². The Kier molecular flexibility index (Phi) is 4.72. The van der Waals surface area contributed by atoms with E-state index in [2.05, 4.69) is 10.3 Å². The Morgan fingerprint density at radius 3 is 3.18 bits per heavy atom. The molecule has 6 nitrogen and oxygen atoms in total. The number of sulfonamides is 1. The predicted molar refractivity (Wildman–Crippen MR) is 87.7 cm³/mol. The van der Waals surface area contributed by atoms with E-state index in [0.29, 0.717) is 26.1 Å². The molecule has 0 aliphatic carbocycles. The normalized spacial score (nSPS) is 30.0. The second kappa shape index (κ2) is 6.43. The molecule has 0 aromatic carbocycles. The van der Waals surface area contributed by atoms with Gasteiger partial charge < -0.3 is 10.1 Å². The summed E-state index contributed by atoms with van der Waals surface area (Å²) in [5, 5.41) is 6.22. The number of thiazole rings is 1. The van der Waals surface area contributed by atoms with Crippen LogP contribution in [0.2, 0.25) is 0 Å². The minimum Gasteiger partial charge on any atom is -0.371 e. The summed E-state index contributed by atoms with van der Waals surface area (Å²) in [5.74, 6) is 0.226. The summed E-state index contributed by atoms with van der Waals surface area (Å²) in [7, 11) is -3.14. The van der Waals surface area contributed by atoms with Crippen molar-refractivity contribution in [1.82, 2.24) is 9.29 Å². The van der Waals surface area contributed by atoms with E-state index in [0.717, 1.165) is 24.4 Å². The zero-order chi connectivity index (χ0) is 15.6. The van der Waals surface area contributed by atoms with Gasteiger partial charge in [0.05, 0.1) is 24.0 Å². The molecular formula is C14H23N3O3S2. The van der Waals surface area contributed by atoms with Crippen molar-refractivity contribution in [2.75, 3.05) is 30.8 Å². The van der Waals surface area contributed by atoms with Crippen LogP contribution in [-0.4, -0.2) is 54.8 Å². The van der Waals surface area contributed by atoms with Gasteiger partial charge in [-0.25, -0.2) is 13.4 Å². The molecule has 1 aromatic heterocycles. The molecule has 8 heteroatoms. The second-order valence-electron chi connectivity index (χ2n) is 6.13. The lowest BCUT2D eigenvalue weighted by Crippen LogP contribution is -2.50. The third-order valence-electron chi connectivity index (χ3n) is 4.33. The molecule has 2 fully saturated rings. The molecule has 124 valence electrons. The van der Waals surface area contributed by atoms with Gasteiger partial charge in [0.2, 0.25) is 10.0 Å². The van der Waals surface area contributed by atoms with Crippen LogP contribution in [0, 0.1) is 0 Å². The fourth-order valence-corrected chi connectivity index (χ4v) is 5.59. The van der Waals surface area contributed by atoms with Gasteiger partial charge in [-0.05, 0) is 19.3 Å². The number of ether oxygens (including phenoxy) is 1. The molecule has 2 saturated heterocycles. The van der Waals surface area contributed by atoms with Gasteiger partial charge in [-0.3, -0.25) is 0 Å². The Bertz CT molecular complexity index is 590. The molecule has 0 bridgehead atoms. The Hall–Kier alpha value is -0.700. The van der Waals surface area contributed by atoms with E-state index in [1.54, 1.807) is 21.8 Å². The highest BCUT2D eigenvalue weighted by Gasteiger charge is 2.45. The summed E-state index contributed by atoms with van der Waals surface area (Å²) in [6, 6.07) is 0.208. The van der Waals surface area contributed by atoms with E-state index >= 15 is 0 Å². The Morgan fingerprint density at radius 1 is 1.59 bits per heavy atom. The minimum absolute atomic E-state index is 0.208. The van der Waals surface area contributed by atoms with Crippen molar-refractivity contribution in [3.63, 3.8) is 0 Å². The number of aromatic nitrogens is 1. The highest BCUT2D eigenvalue weighted by atomic mass is 32.2. The monoisotopic (exact) mass is 345 g/mol. The van der Waals surface area contributed by atoms with Crippen molar-refractivity contribution >= 4 is 26.5 Å². The molecular weight excluding hydrogens is 322 g/mol. The van der Waals surface area contributed by atoms with Crippen LogP contribution in [0.25, 0.3) is 0 Å². The van der Waals surface area contributed by atoms with E-state index in [1.807, 2.05) is 12.3 Å².